The molecule has 0 bridgehead atoms. The predicted octanol–water partition coefficient (Wildman–Crippen LogP) is 2.03. The van der Waals surface area contributed by atoms with Gasteiger partial charge in [-0.3, -0.25) is 4.89 Å². The molecular formula is C12H17NO3. The van der Waals surface area contributed by atoms with Crippen LogP contribution >= 0.6 is 0 Å². The molecule has 0 amide bonds. The maximum Gasteiger partial charge on any atom is 0.373 e. The van der Waals surface area contributed by atoms with E-state index in [0.717, 1.165) is 5.56 Å². The molecule has 0 aliphatic carbocycles. The third kappa shape index (κ3) is 4.00. The molecular weight excluding hydrogens is 206 g/mol. The number of hydrogen-bond acceptors (Lipinski definition) is 4. The summed E-state index contributed by atoms with van der Waals surface area (Å²) in [6.07, 6.45) is 0. The molecule has 0 saturated carbocycles. The average Bonchev–Trinajstić information content (AvgIpc) is 2.25. The maximum atomic E-state index is 11.6. The van der Waals surface area contributed by atoms with E-state index in [1.54, 1.807) is 39.0 Å². The Bertz CT molecular complexity index is 369. The van der Waals surface area contributed by atoms with Crippen LogP contribution in [0.15, 0.2) is 24.3 Å². The van der Waals surface area contributed by atoms with Crippen LogP contribution in [0.3, 0.4) is 0 Å². The van der Waals surface area contributed by atoms with Crippen molar-refractivity contribution in [1.29, 1.82) is 0 Å². The van der Waals surface area contributed by atoms with E-state index in [-0.39, 0.29) is 0 Å². The van der Waals surface area contributed by atoms with E-state index in [0.29, 0.717) is 12.1 Å². The Labute approximate surface area is 95.3 Å². The van der Waals surface area contributed by atoms with E-state index in [4.69, 9.17) is 15.5 Å². The molecule has 0 aliphatic heterocycles. The number of carbonyl (C=O) groups excluding carboxylic acids is 1. The number of rotatable bonds is 3. The van der Waals surface area contributed by atoms with E-state index in [1.165, 1.54) is 0 Å². The van der Waals surface area contributed by atoms with Gasteiger partial charge in [0.05, 0.1) is 5.56 Å². The lowest BCUT2D eigenvalue weighted by Crippen LogP contribution is -2.22. The van der Waals surface area contributed by atoms with Crippen molar-refractivity contribution in [1.82, 2.24) is 0 Å². The van der Waals surface area contributed by atoms with Crippen molar-refractivity contribution >= 4 is 5.97 Å². The van der Waals surface area contributed by atoms with E-state index in [2.05, 4.69) is 0 Å². The fraction of sp³-hybridized carbons (Fsp3) is 0.417. The fourth-order valence-corrected chi connectivity index (χ4v) is 1.04. The van der Waals surface area contributed by atoms with Gasteiger partial charge < -0.3 is 5.73 Å². The van der Waals surface area contributed by atoms with Crippen molar-refractivity contribution in [3.05, 3.63) is 35.4 Å². The lowest BCUT2D eigenvalue weighted by molar-refractivity contribution is -0.301. The van der Waals surface area contributed by atoms with Crippen molar-refractivity contribution in [2.45, 2.75) is 32.9 Å². The van der Waals surface area contributed by atoms with Crippen LogP contribution in [0, 0.1) is 0 Å². The molecule has 0 aliphatic rings. The largest absolute Gasteiger partial charge is 0.373 e. The molecule has 1 aromatic rings. The molecule has 0 radical (unpaired) electrons. The van der Waals surface area contributed by atoms with Crippen LogP contribution in [0.1, 0.15) is 36.7 Å². The van der Waals surface area contributed by atoms with Crippen molar-refractivity contribution in [3.8, 4) is 0 Å². The van der Waals surface area contributed by atoms with Crippen LogP contribution in [-0.2, 0) is 16.3 Å². The van der Waals surface area contributed by atoms with Crippen molar-refractivity contribution in [3.63, 3.8) is 0 Å². The van der Waals surface area contributed by atoms with E-state index < -0.39 is 11.6 Å². The van der Waals surface area contributed by atoms with Crippen LogP contribution in [0.4, 0.5) is 0 Å². The molecule has 0 spiro atoms. The third-order valence-electron chi connectivity index (χ3n) is 1.77. The summed E-state index contributed by atoms with van der Waals surface area (Å²) in [4.78, 5) is 21.2. The van der Waals surface area contributed by atoms with Crippen molar-refractivity contribution in [2.75, 3.05) is 0 Å². The number of carbonyl (C=O) groups is 1. The van der Waals surface area contributed by atoms with Crippen LogP contribution < -0.4 is 5.73 Å². The summed E-state index contributed by atoms with van der Waals surface area (Å²) >= 11 is 0. The highest BCUT2D eigenvalue weighted by molar-refractivity contribution is 5.89. The second-order valence-electron chi connectivity index (χ2n) is 4.47. The van der Waals surface area contributed by atoms with Gasteiger partial charge in [-0.25, -0.2) is 4.79 Å². The summed E-state index contributed by atoms with van der Waals surface area (Å²) in [6.45, 7) is 5.80. The van der Waals surface area contributed by atoms with Gasteiger partial charge in [-0.1, -0.05) is 12.1 Å². The fourth-order valence-electron chi connectivity index (χ4n) is 1.04. The Morgan fingerprint density at radius 2 is 2.06 bits per heavy atom. The normalized spacial score (nSPS) is 11.2. The standard InChI is InChI=1S/C12H17NO3/c1-12(2,3)16-15-11(14)10-6-4-5-9(7-10)8-13/h4-7H,8,13H2,1-3H3. The highest BCUT2D eigenvalue weighted by Crippen LogP contribution is 2.11. The topological polar surface area (TPSA) is 61.5 Å². The molecule has 1 aromatic carbocycles. The van der Waals surface area contributed by atoms with Gasteiger partial charge in [-0.2, -0.15) is 4.89 Å². The van der Waals surface area contributed by atoms with E-state index >= 15 is 0 Å². The first-order chi connectivity index (χ1) is 7.42. The zero-order valence-corrected chi connectivity index (χ0v) is 9.82. The smallest absolute Gasteiger partial charge is 0.326 e. The number of nitrogens with two attached hydrogens (primary N) is 1. The van der Waals surface area contributed by atoms with Crippen LogP contribution in [0.25, 0.3) is 0 Å². The summed E-state index contributed by atoms with van der Waals surface area (Å²) in [6, 6.07) is 6.96. The first kappa shape index (κ1) is 12.7. The second-order valence-corrected chi connectivity index (χ2v) is 4.47. The zero-order valence-electron chi connectivity index (χ0n) is 9.82. The van der Waals surface area contributed by atoms with Gasteiger partial charge in [-0.05, 0) is 38.5 Å². The summed E-state index contributed by atoms with van der Waals surface area (Å²) in [7, 11) is 0. The number of hydrogen-bond donors (Lipinski definition) is 1. The first-order valence-electron chi connectivity index (χ1n) is 5.11. The minimum atomic E-state index is -0.513. The maximum absolute atomic E-state index is 11.6. The molecule has 4 nitrogen and oxygen atoms in total. The van der Waals surface area contributed by atoms with Gasteiger partial charge in [0.15, 0.2) is 0 Å². The molecule has 16 heavy (non-hydrogen) atoms. The summed E-state index contributed by atoms with van der Waals surface area (Å²) in [5, 5.41) is 0. The highest BCUT2D eigenvalue weighted by atomic mass is 17.2. The lowest BCUT2D eigenvalue weighted by atomic mass is 10.1. The SMILES string of the molecule is CC(C)(C)OOC(=O)c1cccc(CN)c1. The molecule has 2 N–H and O–H groups in total. The molecule has 4 heteroatoms. The third-order valence-corrected chi connectivity index (χ3v) is 1.77. The lowest BCUT2D eigenvalue weighted by Gasteiger charge is -2.16. The average molecular weight is 223 g/mol. The number of benzene rings is 1. The minimum Gasteiger partial charge on any atom is -0.326 e. The summed E-state index contributed by atoms with van der Waals surface area (Å²) < 4.78 is 0. The van der Waals surface area contributed by atoms with Gasteiger partial charge in [0.2, 0.25) is 0 Å². The Morgan fingerprint density at radius 3 is 2.62 bits per heavy atom. The Morgan fingerprint density at radius 1 is 1.38 bits per heavy atom. The molecule has 88 valence electrons. The Kier molecular flexibility index (Phi) is 4.04. The quantitative estimate of drug-likeness (QED) is 0.629. The van der Waals surface area contributed by atoms with Crippen molar-refractivity contribution in [2.24, 2.45) is 5.73 Å². The second kappa shape index (κ2) is 5.09. The molecule has 0 atom stereocenters. The molecule has 0 aromatic heterocycles. The molecule has 0 unspecified atom stereocenters. The monoisotopic (exact) mass is 223 g/mol. The van der Waals surface area contributed by atoms with Crippen molar-refractivity contribution < 1.29 is 14.6 Å². The van der Waals surface area contributed by atoms with Crippen LogP contribution in [0.5, 0.6) is 0 Å². The Hall–Kier alpha value is -1.39. The Balaban J connectivity index is 2.66. The van der Waals surface area contributed by atoms with Gasteiger partial charge in [-0.15, -0.1) is 0 Å². The van der Waals surface area contributed by atoms with E-state index in [9.17, 15) is 4.79 Å². The molecule has 0 fully saturated rings. The molecule has 1 rings (SSSR count). The van der Waals surface area contributed by atoms with Crippen LogP contribution in [0.2, 0.25) is 0 Å². The summed E-state index contributed by atoms with van der Waals surface area (Å²) in [5.41, 5.74) is 6.28. The first-order valence-corrected chi connectivity index (χ1v) is 5.11. The van der Waals surface area contributed by atoms with Crippen LogP contribution in [-0.4, -0.2) is 11.6 Å². The zero-order chi connectivity index (χ0) is 12.2. The predicted molar refractivity (Wildman–Crippen MR) is 60.6 cm³/mol. The minimum absolute atomic E-state index is 0.390. The summed E-state index contributed by atoms with van der Waals surface area (Å²) in [5.74, 6) is -0.509. The van der Waals surface area contributed by atoms with Gasteiger partial charge in [0.25, 0.3) is 0 Å². The van der Waals surface area contributed by atoms with Gasteiger partial charge in [0.1, 0.15) is 5.60 Å². The van der Waals surface area contributed by atoms with Gasteiger partial charge >= 0.3 is 5.97 Å². The highest BCUT2D eigenvalue weighted by Gasteiger charge is 2.16. The van der Waals surface area contributed by atoms with Gasteiger partial charge in [0, 0.05) is 6.54 Å². The molecule has 0 heterocycles. The van der Waals surface area contributed by atoms with E-state index in [1.807, 2.05) is 6.07 Å². The molecule has 0 saturated heterocycles.